The molecule has 0 aliphatic rings. The first-order chi connectivity index (χ1) is 9.31. The van der Waals surface area contributed by atoms with Crippen LogP contribution in [0.15, 0.2) is 36.5 Å². The van der Waals surface area contributed by atoms with Crippen molar-refractivity contribution in [2.75, 3.05) is 0 Å². The standard InChI is InChI=1S/C14H11N5/c1-8-6-11-13(15-7-8)17-14(16-11)12-9-4-2-3-5-10(9)18-19-12/h2-7H,1H3,(H,18,19)(H,15,16,17). The van der Waals surface area contributed by atoms with E-state index in [2.05, 4.69) is 25.1 Å². The zero-order valence-corrected chi connectivity index (χ0v) is 10.3. The monoisotopic (exact) mass is 249 g/mol. The highest BCUT2D eigenvalue weighted by molar-refractivity contribution is 5.92. The number of aromatic amines is 2. The van der Waals surface area contributed by atoms with Crippen LogP contribution in [0.3, 0.4) is 0 Å². The molecule has 4 aromatic rings. The summed E-state index contributed by atoms with van der Waals surface area (Å²) in [6.45, 7) is 2.01. The van der Waals surface area contributed by atoms with E-state index in [1.807, 2.05) is 43.5 Å². The van der Waals surface area contributed by atoms with Crippen LogP contribution in [0.4, 0.5) is 0 Å². The molecule has 0 aliphatic heterocycles. The fourth-order valence-electron chi connectivity index (χ4n) is 2.26. The molecule has 3 heterocycles. The summed E-state index contributed by atoms with van der Waals surface area (Å²) in [4.78, 5) is 12.1. The fourth-order valence-corrected chi connectivity index (χ4v) is 2.26. The van der Waals surface area contributed by atoms with E-state index >= 15 is 0 Å². The van der Waals surface area contributed by atoms with E-state index in [1.165, 1.54) is 0 Å². The van der Waals surface area contributed by atoms with Gasteiger partial charge in [0.1, 0.15) is 5.69 Å². The highest BCUT2D eigenvalue weighted by Crippen LogP contribution is 2.25. The molecule has 19 heavy (non-hydrogen) atoms. The van der Waals surface area contributed by atoms with Gasteiger partial charge in [0, 0.05) is 11.6 Å². The lowest BCUT2D eigenvalue weighted by molar-refractivity contribution is 1.10. The van der Waals surface area contributed by atoms with E-state index in [9.17, 15) is 0 Å². The second-order valence-electron chi connectivity index (χ2n) is 4.59. The van der Waals surface area contributed by atoms with Crippen molar-refractivity contribution in [3.05, 3.63) is 42.1 Å². The van der Waals surface area contributed by atoms with Gasteiger partial charge >= 0.3 is 0 Å². The minimum Gasteiger partial charge on any atom is -0.335 e. The number of nitrogens with one attached hydrogen (secondary N) is 2. The molecule has 2 N–H and O–H groups in total. The minimum absolute atomic E-state index is 0.715. The molecule has 0 aliphatic carbocycles. The Labute approximate surface area is 108 Å². The van der Waals surface area contributed by atoms with Crippen LogP contribution in [0.5, 0.6) is 0 Å². The third-order valence-corrected chi connectivity index (χ3v) is 3.17. The van der Waals surface area contributed by atoms with Crippen molar-refractivity contribution in [3.63, 3.8) is 0 Å². The van der Waals surface area contributed by atoms with Gasteiger partial charge in [-0.1, -0.05) is 18.2 Å². The van der Waals surface area contributed by atoms with E-state index in [0.717, 1.165) is 33.5 Å². The number of hydrogen-bond donors (Lipinski definition) is 2. The number of para-hydroxylation sites is 1. The quantitative estimate of drug-likeness (QED) is 0.545. The number of imidazole rings is 1. The molecule has 1 aromatic carbocycles. The first-order valence-corrected chi connectivity index (χ1v) is 6.07. The molecule has 0 bridgehead atoms. The number of rotatable bonds is 1. The Morgan fingerprint density at radius 3 is 2.95 bits per heavy atom. The Balaban J connectivity index is 1.99. The van der Waals surface area contributed by atoms with Gasteiger partial charge in [-0.2, -0.15) is 5.10 Å². The predicted octanol–water partition coefficient (Wildman–Crippen LogP) is 2.81. The van der Waals surface area contributed by atoms with Crippen LogP contribution in [-0.2, 0) is 0 Å². The van der Waals surface area contributed by atoms with E-state index < -0.39 is 0 Å². The third kappa shape index (κ3) is 1.52. The summed E-state index contributed by atoms with van der Waals surface area (Å²) in [6, 6.07) is 10.0. The second-order valence-corrected chi connectivity index (χ2v) is 4.59. The van der Waals surface area contributed by atoms with Crippen LogP contribution in [0.25, 0.3) is 33.6 Å². The average molecular weight is 249 g/mol. The molecule has 0 atom stereocenters. The summed E-state index contributed by atoms with van der Waals surface area (Å²) in [6.07, 6.45) is 1.82. The number of pyridine rings is 1. The first kappa shape index (κ1) is 10.3. The summed E-state index contributed by atoms with van der Waals surface area (Å²) >= 11 is 0. The van der Waals surface area contributed by atoms with Crippen molar-refractivity contribution < 1.29 is 0 Å². The molecular formula is C14H11N5. The highest BCUT2D eigenvalue weighted by Gasteiger charge is 2.12. The number of aryl methyl sites for hydroxylation is 1. The number of fused-ring (bicyclic) bond motifs is 2. The lowest BCUT2D eigenvalue weighted by atomic mass is 10.2. The van der Waals surface area contributed by atoms with E-state index in [-0.39, 0.29) is 0 Å². The fraction of sp³-hybridized carbons (Fsp3) is 0.0714. The highest BCUT2D eigenvalue weighted by atomic mass is 15.1. The van der Waals surface area contributed by atoms with Gasteiger partial charge in [-0.05, 0) is 24.6 Å². The minimum atomic E-state index is 0.715. The maximum Gasteiger partial charge on any atom is 0.178 e. The summed E-state index contributed by atoms with van der Waals surface area (Å²) in [5, 5.41) is 8.40. The van der Waals surface area contributed by atoms with Gasteiger partial charge < -0.3 is 4.98 Å². The molecule has 4 rings (SSSR count). The molecule has 0 saturated carbocycles. The van der Waals surface area contributed by atoms with Crippen LogP contribution < -0.4 is 0 Å². The lowest BCUT2D eigenvalue weighted by Crippen LogP contribution is -1.81. The van der Waals surface area contributed by atoms with Crippen LogP contribution in [0.2, 0.25) is 0 Å². The lowest BCUT2D eigenvalue weighted by Gasteiger charge is -1.91. The topological polar surface area (TPSA) is 70.2 Å². The molecule has 5 nitrogen and oxygen atoms in total. The molecule has 92 valence electrons. The molecule has 0 amide bonds. The number of aromatic nitrogens is 5. The SMILES string of the molecule is Cc1cnc2nc(-c3n[nH]c4ccccc34)[nH]c2c1. The van der Waals surface area contributed by atoms with E-state index in [0.29, 0.717) is 5.65 Å². The second kappa shape index (κ2) is 3.65. The molecule has 5 heteroatoms. The zero-order valence-electron chi connectivity index (χ0n) is 10.3. The predicted molar refractivity (Wildman–Crippen MR) is 73.7 cm³/mol. The van der Waals surface area contributed by atoms with Crippen LogP contribution in [0, 0.1) is 6.92 Å². The molecule has 0 spiro atoms. The van der Waals surface area contributed by atoms with Crippen molar-refractivity contribution in [3.8, 4) is 11.5 Å². The molecule has 0 unspecified atom stereocenters. The Morgan fingerprint density at radius 1 is 1.11 bits per heavy atom. The number of hydrogen-bond acceptors (Lipinski definition) is 3. The third-order valence-electron chi connectivity index (χ3n) is 3.17. The van der Waals surface area contributed by atoms with Gasteiger partial charge in [-0.25, -0.2) is 9.97 Å². The number of H-pyrrole nitrogens is 2. The maximum atomic E-state index is 4.50. The van der Waals surface area contributed by atoms with Crippen molar-refractivity contribution in [1.29, 1.82) is 0 Å². The van der Waals surface area contributed by atoms with Gasteiger partial charge in [0.2, 0.25) is 0 Å². The molecular weight excluding hydrogens is 238 g/mol. The normalized spacial score (nSPS) is 11.4. The number of nitrogens with zero attached hydrogens (tertiary/aromatic N) is 3. The molecule has 0 fully saturated rings. The summed E-state index contributed by atoms with van der Waals surface area (Å²) in [7, 11) is 0. The van der Waals surface area contributed by atoms with E-state index in [1.54, 1.807) is 0 Å². The molecule has 0 saturated heterocycles. The van der Waals surface area contributed by atoms with Gasteiger partial charge in [0.15, 0.2) is 11.5 Å². The molecule has 0 radical (unpaired) electrons. The van der Waals surface area contributed by atoms with E-state index in [4.69, 9.17) is 0 Å². The largest absolute Gasteiger partial charge is 0.335 e. The van der Waals surface area contributed by atoms with Crippen molar-refractivity contribution in [1.82, 2.24) is 25.1 Å². The van der Waals surface area contributed by atoms with Crippen LogP contribution >= 0.6 is 0 Å². The van der Waals surface area contributed by atoms with Crippen molar-refractivity contribution in [2.45, 2.75) is 6.92 Å². The number of benzene rings is 1. The summed E-state index contributed by atoms with van der Waals surface area (Å²) < 4.78 is 0. The Morgan fingerprint density at radius 2 is 2.00 bits per heavy atom. The summed E-state index contributed by atoms with van der Waals surface area (Å²) in [5.74, 6) is 0.741. The zero-order chi connectivity index (χ0) is 12.8. The summed E-state index contributed by atoms with van der Waals surface area (Å²) in [5.41, 5.74) is 4.58. The van der Waals surface area contributed by atoms with Crippen LogP contribution in [-0.4, -0.2) is 25.1 Å². The first-order valence-electron chi connectivity index (χ1n) is 6.07. The smallest absolute Gasteiger partial charge is 0.178 e. The van der Waals surface area contributed by atoms with Gasteiger partial charge in [-0.15, -0.1) is 0 Å². The molecule has 3 aromatic heterocycles. The maximum absolute atomic E-state index is 4.50. The van der Waals surface area contributed by atoms with Gasteiger partial charge in [-0.3, -0.25) is 5.10 Å². The van der Waals surface area contributed by atoms with Crippen molar-refractivity contribution in [2.24, 2.45) is 0 Å². The van der Waals surface area contributed by atoms with Crippen LogP contribution in [0.1, 0.15) is 5.56 Å². The Hall–Kier alpha value is -2.69. The average Bonchev–Trinajstić information content (AvgIpc) is 3.00. The Bertz CT molecular complexity index is 887. The van der Waals surface area contributed by atoms with Crippen molar-refractivity contribution >= 4 is 22.1 Å². The van der Waals surface area contributed by atoms with Gasteiger partial charge in [0.25, 0.3) is 0 Å². The van der Waals surface area contributed by atoms with Gasteiger partial charge in [0.05, 0.1) is 11.0 Å². The Kier molecular flexibility index (Phi) is 1.97.